The molecule has 1 aromatic carbocycles. The number of hydrogen-bond donors (Lipinski definition) is 0. The van der Waals surface area contributed by atoms with Crippen LogP contribution in [-0.4, -0.2) is 30.2 Å². The molecular formula is C14H15Cl2N5. The highest BCUT2D eigenvalue weighted by molar-refractivity contribution is 6.31. The number of imidazole rings is 1. The third-order valence-corrected chi connectivity index (χ3v) is 3.97. The van der Waals surface area contributed by atoms with Gasteiger partial charge in [0.2, 0.25) is 0 Å². The Morgan fingerprint density at radius 2 is 2.14 bits per heavy atom. The molecule has 0 radical (unpaired) electrons. The first-order valence-corrected chi connectivity index (χ1v) is 7.59. The highest BCUT2D eigenvalue weighted by Gasteiger charge is 2.20. The van der Waals surface area contributed by atoms with Crippen LogP contribution in [0.15, 0.2) is 24.5 Å². The van der Waals surface area contributed by atoms with E-state index in [4.69, 9.17) is 23.2 Å². The lowest BCUT2D eigenvalue weighted by molar-refractivity contribution is 0.566. The number of alkyl halides is 1. The van der Waals surface area contributed by atoms with Gasteiger partial charge in [0.05, 0.1) is 17.1 Å². The lowest BCUT2D eigenvalue weighted by Gasteiger charge is -2.16. The molecule has 0 aliphatic rings. The predicted octanol–water partition coefficient (Wildman–Crippen LogP) is 3.21. The average Bonchev–Trinajstić information content (AvgIpc) is 3.02. The molecule has 0 saturated carbocycles. The predicted molar refractivity (Wildman–Crippen MR) is 84.0 cm³/mol. The van der Waals surface area contributed by atoms with Crippen molar-refractivity contribution in [2.45, 2.75) is 19.4 Å². The summed E-state index contributed by atoms with van der Waals surface area (Å²) in [5, 5.41) is 8.84. The van der Waals surface area contributed by atoms with Crippen LogP contribution in [0.5, 0.6) is 0 Å². The third kappa shape index (κ3) is 2.51. The standard InChI is InChI=1S/C14H15Cl2N5/c1-9(14-19-17-8-20(14)2)21-12-7-10(16)3-4-11(12)18-13(21)5-6-15/h3-4,7-9H,5-6H2,1-2H3. The number of nitrogens with zero attached hydrogens (tertiary/aromatic N) is 5. The molecule has 1 unspecified atom stereocenters. The first-order chi connectivity index (χ1) is 10.1. The first-order valence-electron chi connectivity index (χ1n) is 6.68. The second-order valence-electron chi connectivity index (χ2n) is 4.95. The zero-order valence-electron chi connectivity index (χ0n) is 11.8. The fourth-order valence-corrected chi connectivity index (χ4v) is 2.93. The molecule has 0 saturated heterocycles. The molecule has 0 aliphatic heterocycles. The van der Waals surface area contributed by atoms with Gasteiger partial charge in [-0.25, -0.2) is 4.98 Å². The fourth-order valence-electron chi connectivity index (χ4n) is 2.59. The number of fused-ring (bicyclic) bond motifs is 1. The van der Waals surface area contributed by atoms with Gasteiger partial charge in [-0.3, -0.25) is 0 Å². The molecule has 0 bridgehead atoms. The highest BCUT2D eigenvalue weighted by atomic mass is 35.5. The van der Waals surface area contributed by atoms with Gasteiger partial charge in [0.25, 0.3) is 0 Å². The van der Waals surface area contributed by atoms with Crippen LogP contribution in [0.3, 0.4) is 0 Å². The van der Waals surface area contributed by atoms with Gasteiger partial charge in [-0.1, -0.05) is 11.6 Å². The highest BCUT2D eigenvalue weighted by Crippen LogP contribution is 2.27. The summed E-state index contributed by atoms with van der Waals surface area (Å²) in [7, 11) is 1.93. The van der Waals surface area contributed by atoms with Crippen LogP contribution in [0.1, 0.15) is 24.6 Å². The summed E-state index contributed by atoms with van der Waals surface area (Å²) in [5.74, 6) is 2.31. The monoisotopic (exact) mass is 323 g/mol. The Bertz CT molecular complexity index is 777. The zero-order valence-corrected chi connectivity index (χ0v) is 13.3. The Morgan fingerprint density at radius 3 is 2.81 bits per heavy atom. The van der Waals surface area contributed by atoms with Gasteiger partial charge in [-0.15, -0.1) is 21.8 Å². The Hall–Kier alpha value is -1.59. The molecule has 3 aromatic rings. The molecule has 110 valence electrons. The topological polar surface area (TPSA) is 48.5 Å². The van der Waals surface area contributed by atoms with E-state index < -0.39 is 0 Å². The van der Waals surface area contributed by atoms with Gasteiger partial charge in [0.1, 0.15) is 12.2 Å². The van der Waals surface area contributed by atoms with Crippen molar-refractivity contribution >= 4 is 34.2 Å². The van der Waals surface area contributed by atoms with Crippen molar-refractivity contribution in [1.82, 2.24) is 24.3 Å². The van der Waals surface area contributed by atoms with Crippen molar-refractivity contribution in [1.29, 1.82) is 0 Å². The van der Waals surface area contributed by atoms with E-state index in [1.165, 1.54) is 0 Å². The van der Waals surface area contributed by atoms with Gasteiger partial charge in [-0.05, 0) is 25.1 Å². The van der Waals surface area contributed by atoms with Gasteiger partial charge in [0.15, 0.2) is 5.82 Å². The molecule has 3 rings (SSSR count). The molecule has 1 atom stereocenters. The Morgan fingerprint density at radius 1 is 1.33 bits per heavy atom. The summed E-state index contributed by atoms with van der Waals surface area (Å²) in [6.45, 7) is 2.07. The third-order valence-electron chi connectivity index (χ3n) is 3.55. The number of hydrogen-bond acceptors (Lipinski definition) is 3. The van der Waals surface area contributed by atoms with Crippen molar-refractivity contribution in [3.8, 4) is 0 Å². The van der Waals surface area contributed by atoms with Crippen LogP contribution < -0.4 is 0 Å². The van der Waals surface area contributed by atoms with Crippen molar-refractivity contribution in [2.24, 2.45) is 7.05 Å². The molecule has 2 aromatic heterocycles. The van der Waals surface area contributed by atoms with Gasteiger partial charge < -0.3 is 9.13 Å². The van der Waals surface area contributed by atoms with E-state index in [0.717, 1.165) is 22.7 Å². The number of benzene rings is 1. The van der Waals surface area contributed by atoms with Gasteiger partial charge >= 0.3 is 0 Å². The molecule has 0 aliphatic carbocycles. The minimum atomic E-state index is -0.000756. The fraction of sp³-hybridized carbons (Fsp3) is 0.357. The summed E-state index contributed by atoms with van der Waals surface area (Å²) in [6.07, 6.45) is 2.38. The molecule has 0 amide bonds. The second kappa shape index (κ2) is 5.66. The first kappa shape index (κ1) is 14.4. The maximum Gasteiger partial charge on any atom is 0.155 e. The molecule has 0 spiro atoms. The maximum atomic E-state index is 6.14. The van der Waals surface area contributed by atoms with Crippen molar-refractivity contribution in [2.75, 3.05) is 5.88 Å². The van der Waals surface area contributed by atoms with E-state index in [9.17, 15) is 0 Å². The molecule has 2 heterocycles. The Balaban J connectivity index is 2.21. The van der Waals surface area contributed by atoms with E-state index in [1.54, 1.807) is 6.33 Å². The molecule has 5 nitrogen and oxygen atoms in total. The maximum absolute atomic E-state index is 6.14. The van der Waals surface area contributed by atoms with Crippen LogP contribution in [0, 0.1) is 0 Å². The quantitative estimate of drug-likeness (QED) is 0.693. The summed E-state index contributed by atoms with van der Waals surface area (Å²) in [4.78, 5) is 4.67. The van der Waals surface area contributed by atoms with Crippen molar-refractivity contribution in [3.63, 3.8) is 0 Å². The van der Waals surface area contributed by atoms with Gasteiger partial charge in [0, 0.05) is 24.4 Å². The summed E-state index contributed by atoms with van der Waals surface area (Å²) in [6, 6.07) is 5.70. The Labute approximate surface area is 132 Å². The van der Waals surface area contributed by atoms with Crippen LogP contribution >= 0.6 is 23.2 Å². The van der Waals surface area contributed by atoms with Crippen LogP contribution in [0.2, 0.25) is 5.02 Å². The SMILES string of the molecule is CC(c1nncn1C)n1c(CCCl)nc2ccc(Cl)cc21. The van der Waals surface area contributed by atoms with E-state index in [2.05, 4.69) is 26.7 Å². The largest absolute Gasteiger partial charge is 0.319 e. The molecular weight excluding hydrogens is 309 g/mol. The number of rotatable bonds is 4. The second-order valence-corrected chi connectivity index (χ2v) is 5.76. The van der Waals surface area contributed by atoms with E-state index in [1.807, 2.05) is 29.8 Å². The van der Waals surface area contributed by atoms with E-state index in [-0.39, 0.29) is 6.04 Å². The van der Waals surface area contributed by atoms with E-state index >= 15 is 0 Å². The minimum Gasteiger partial charge on any atom is -0.319 e. The number of aromatic nitrogens is 5. The molecule has 0 N–H and O–H groups in total. The molecule has 0 fully saturated rings. The van der Waals surface area contributed by atoms with Gasteiger partial charge in [-0.2, -0.15) is 0 Å². The van der Waals surface area contributed by atoms with Crippen LogP contribution in [-0.2, 0) is 13.5 Å². The molecule has 7 heteroatoms. The summed E-state index contributed by atoms with van der Waals surface area (Å²) in [5.41, 5.74) is 1.90. The van der Waals surface area contributed by atoms with Crippen LogP contribution in [0.25, 0.3) is 11.0 Å². The van der Waals surface area contributed by atoms with Crippen molar-refractivity contribution < 1.29 is 0 Å². The van der Waals surface area contributed by atoms with E-state index in [0.29, 0.717) is 17.3 Å². The van der Waals surface area contributed by atoms with Crippen molar-refractivity contribution in [3.05, 3.63) is 41.2 Å². The molecule has 21 heavy (non-hydrogen) atoms. The lowest BCUT2D eigenvalue weighted by Crippen LogP contribution is -2.15. The average molecular weight is 324 g/mol. The number of halogens is 2. The smallest absolute Gasteiger partial charge is 0.155 e. The summed E-state index contributed by atoms with van der Waals surface area (Å²) < 4.78 is 4.04. The minimum absolute atomic E-state index is 0.000756. The zero-order chi connectivity index (χ0) is 15.0. The Kier molecular flexibility index (Phi) is 3.87. The normalized spacial score (nSPS) is 13.0. The summed E-state index contributed by atoms with van der Waals surface area (Å²) >= 11 is 12.1. The van der Waals surface area contributed by atoms with Crippen LogP contribution in [0.4, 0.5) is 0 Å². The lowest BCUT2D eigenvalue weighted by atomic mass is 10.2. The number of aryl methyl sites for hydroxylation is 2.